The number of likely N-dealkylation sites (tertiary alicyclic amines) is 1. The summed E-state index contributed by atoms with van der Waals surface area (Å²) in [5.74, 6) is -2.16. The van der Waals surface area contributed by atoms with Crippen LogP contribution in [-0.2, 0) is 11.3 Å². The first-order valence-electron chi connectivity index (χ1n) is 8.59. The molecular weight excluding hydrogens is 357 g/mol. The molecule has 1 fully saturated rings. The van der Waals surface area contributed by atoms with Crippen molar-refractivity contribution in [2.75, 3.05) is 0 Å². The van der Waals surface area contributed by atoms with Gasteiger partial charge in [0.25, 0.3) is 12.3 Å². The standard InChI is InChI=1S/C20H19F3N2O2/c1-12-16(10-17(26)25(12)11-13-6-3-2-4-7-13)24-20(27)15-9-5-8-14(18(15)21)19(22)23/h2-9,12,16,19H,10-11H2,1H3,(H,24,27). The Morgan fingerprint density at radius 3 is 2.56 bits per heavy atom. The minimum atomic E-state index is -3.01. The van der Waals surface area contributed by atoms with E-state index in [2.05, 4.69) is 5.32 Å². The van der Waals surface area contributed by atoms with Crippen LogP contribution in [0.4, 0.5) is 13.2 Å². The molecule has 2 amide bonds. The highest BCUT2D eigenvalue weighted by Crippen LogP contribution is 2.25. The van der Waals surface area contributed by atoms with Crippen LogP contribution >= 0.6 is 0 Å². The van der Waals surface area contributed by atoms with Crippen molar-refractivity contribution in [2.45, 2.75) is 38.4 Å². The second kappa shape index (κ2) is 7.82. The van der Waals surface area contributed by atoms with Crippen molar-refractivity contribution >= 4 is 11.8 Å². The number of rotatable bonds is 5. The zero-order valence-electron chi connectivity index (χ0n) is 14.7. The molecular formula is C20H19F3N2O2. The molecule has 0 spiro atoms. The Balaban J connectivity index is 1.72. The molecule has 2 unspecified atom stereocenters. The Kier molecular flexibility index (Phi) is 5.48. The maximum absolute atomic E-state index is 14.2. The summed E-state index contributed by atoms with van der Waals surface area (Å²) in [5, 5.41) is 2.61. The van der Waals surface area contributed by atoms with Gasteiger partial charge in [-0.2, -0.15) is 0 Å². The number of benzene rings is 2. The van der Waals surface area contributed by atoms with Gasteiger partial charge >= 0.3 is 0 Å². The molecule has 2 aromatic carbocycles. The van der Waals surface area contributed by atoms with Crippen LogP contribution in [0.1, 0.15) is 41.3 Å². The van der Waals surface area contributed by atoms with E-state index in [9.17, 15) is 22.8 Å². The number of amides is 2. The number of carbonyl (C=O) groups excluding carboxylic acids is 2. The monoisotopic (exact) mass is 376 g/mol. The molecule has 0 aromatic heterocycles. The summed E-state index contributed by atoms with van der Waals surface area (Å²) in [6.45, 7) is 2.20. The summed E-state index contributed by atoms with van der Waals surface area (Å²) in [7, 11) is 0. The number of nitrogens with zero attached hydrogens (tertiary/aromatic N) is 1. The average Bonchev–Trinajstić information content (AvgIpc) is 2.90. The van der Waals surface area contributed by atoms with Gasteiger partial charge < -0.3 is 10.2 Å². The molecule has 0 aliphatic carbocycles. The van der Waals surface area contributed by atoms with Crippen molar-refractivity contribution in [3.05, 3.63) is 71.0 Å². The van der Waals surface area contributed by atoms with Crippen molar-refractivity contribution in [1.29, 1.82) is 0 Å². The van der Waals surface area contributed by atoms with E-state index in [1.165, 1.54) is 6.07 Å². The maximum atomic E-state index is 14.2. The van der Waals surface area contributed by atoms with E-state index in [-0.39, 0.29) is 18.4 Å². The van der Waals surface area contributed by atoms with Crippen molar-refractivity contribution in [3.63, 3.8) is 0 Å². The second-order valence-corrected chi connectivity index (χ2v) is 6.54. The van der Waals surface area contributed by atoms with Crippen LogP contribution in [0.15, 0.2) is 48.5 Å². The molecule has 0 radical (unpaired) electrons. The number of nitrogens with one attached hydrogen (secondary N) is 1. The number of alkyl halides is 2. The minimum Gasteiger partial charge on any atom is -0.347 e. The summed E-state index contributed by atoms with van der Waals surface area (Å²) >= 11 is 0. The minimum absolute atomic E-state index is 0.0793. The molecule has 0 bridgehead atoms. The second-order valence-electron chi connectivity index (χ2n) is 6.54. The molecule has 2 atom stereocenters. The molecule has 1 heterocycles. The zero-order chi connectivity index (χ0) is 19.6. The third-order valence-corrected chi connectivity index (χ3v) is 4.81. The fourth-order valence-corrected chi connectivity index (χ4v) is 3.24. The van der Waals surface area contributed by atoms with Crippen molar-refractivity contribution in [1.82, 2.24) is 10.2 Å². The molecule has 4 nitrogen and oxygen atoms in total. The Hall–Kier alpha value is -2.83. The van der Waals surface area contributed by atoms with Crippen LogP contribution < -0.4 is 5.32 Å². The summed E-state index contributed by atoms with van der Waals surface area (Å²) in [6, 6.07) is 11.9. The van der Waals surface area contributed by atoms with E-state index in [0.717, 1.165) is 17.7 Å². The Labute approximate surface area is 155 Å². The quantitative estimate of drug-likeness (QED) is 0.865. The first-order valence-corrected chi connectivity index (χ1v) is 8.59. The van der Waals surface area contributed by atoms with Crippen LogP contribution in [0.5, 0.6) is 0 Å². The third kappa shape index (κ3) is 3.97. The van der Waals surface area contributed by atoms with Crippen LogP contribution in [0.2, 0.25) is 0 Å². The first kappa shape index (κ1) is 18.9. The molecule has 0 saturated carbocycles. The van der Waals surface area contributed by atoms with Gasteiger partial charge in [0.2, 0.25) is 5.91 Å². The highest BCUT2D eigenvalue weighted by atomic mass is 19.3. The largest absolute Gasteiger partial charge is 0.347 e. The van der Waals surface area contributed by atoms with Crippen LogP contribution in [0.3, 0.4) is 0 Å². The van der Waals surface area contributed by atoms with Gasteiger partial charge in [-0.3, -0.25) is 9.59 Å². The van der Waals surface area contributed by atoms with Crippen LogP contribution in [0, 0.1) is 5.82 Å². The van der Waals surface area contributed by atoms with E-state index in [0.29, 0.717) is 6.54 Å². The molecule has 2 aromatic rings. The predicted molar refractivity (Wildman–Crippen MR) is 93.7 cm³/mol. The van der Waals surface area contributed by atoms with E-state index < -0.39 is 35.3 Å². The lowest BCUT2D eigenvalue weighted by Crippen LogP contribution is -2.43. The van der Waals surface area contributed by atoms with Crippen LogP contribution in [-0.4, -0.2) is 28.8 Å². The summed E-state index contributed by atoms with van der Waals surface area (Å²) in [5.41, 5.74) is -0.307. The van der Waals surface area contributed by atoms with Gasteiger partial charge in [-0.05, 0) is 18.6 Å². The molecule has 1 saturated heterocycles. The van der Waals surface area contributed by atoms with Gasteiger partial charge in [0.1, 0.15) is 5.82 Å². The van der Waals surface area contributed by atoms with Crippen LogP contribution in [0.25, 0.3) is 0 Å². The summed E-state index contributed by atoms with van der Waals surface area (Å²) in [6.07, 6.45) is -2.93. The lowest BCUT2D eigenvalue weighted by atomic mass is 10.1. The highest BCUT2D eigenvalue weighted by Gasteiger charge is 2.38. The molecule has 3 rings (SSSR count). The first-order chi connectivity index (χ1) is 12.9. The fourth-order valence-electron chi connectivity index (χ4n) is 3.24. The zero-order valence-corrected chi connectivity index (χ0v) is 14.7. The number of carbonyl (C=O) groups is 2. The van der Waals surface area contributed by atoms with E-state index >= 15 is 0 Å². The molecule has 142 valence electrons. The van der Waals surface area contributed by atoms with Crippen molar-refractivity contribution < 1.29 is 22.8 Å². The lowest BCUT2D eigenvalue weighted by Gasteiger charge is -2.25. The lowest BCUT2D eigenvalue weighted by molar-refractivity contribution is -0.129. The Morgan fingerprint density at radius 2 is 1.89 bits per heavy atom. The smallest absolute Gasteiger partial charge is 0.266 e. The Morgan fingerprint density at radius 1 is 1.19 bits per heavy atom. The van der Waals surface area contributed by atoms with Gasteiger partial charge in [0.05, 0.1) is 17.2 Å². The van der Waals surface area contributed by atoms with E-state index in [1.807, 2.05) is 30.3 Å². The molecule has 27 heavy (non-hydrogen) atoms. The average molecular weight is 376 g/mol. The summed E-state index contributed by atoms with van der Waals surface area (Å²) in [4.78, 5) is 26.4. The Bertz CT molecular complexity index is 842. The molecule has 7 heteroatoms. The highest BCUT2D eigenvalue weighted by molar-refractivity contribution is 5.95. The normalized spacial score (nSPS) is 19.6. The fraction of sp³-hybridized carbons (Fsp3) is 0.300. The maximum Gasteiger partial charge on any atom is 0.266 e. The van der Waals surface area contributed by atoms with E-state index in [1.54, 1.807) is 11.8 Å². The predicted octanol–water partition coefficient (Wildman–Crippen LogP) is 3.68. The van der Waals surface area contributed by atoms with Gasteiger partial charge in [-0.15, -0.1) is 0 Å². The third-order valence-electron chi connectivity index (χ3n) is 4.81. The topological polar surface area (TPSA) is 49.4 Å². The van der Waals surface area contributed by atoms with Gasteiger partial charge in [-0.25, -0.2) is 13.2 Å². The molecule has 1 aliphatic rings. The van der Waals surface area contributed by atoms with Crippen molar-refractivity contribution in [2.24, 2.45) is 0 Å². The van der Waals surface area contributed by atoms with Gasteiger partial charge in [0, 0.05) is 19.0 Å². The SMILES string of the molecule is CC1C(NC(=O)c2cccc(C(F)F)c2F)CC(=O)N1Cc1ccccc1. The number of hydrogen-bond acceptors (Lipinski definition) is 2. The van der Waals surface area contributed by atoms with Gasteiger partial charge in [0.15, 0.2) is 0 Å². The number of halogens is 3. The van der Waals surface area contributed by atoms with Crippen molar-refractivity contribution in [3.8, 4) is 0 Å². The molecule has 1 N–H and O–H groups in total. The van der Waals surface area contributed by atoms with E-state index in [4.69, 9.17) is 0 Å². The molecule has 1 aliphatic heterocycles. The van der Waals surface area contributed by atoms with Gasteiger partial charge in [-0.1, -0.05) is 42.5 Å². The number of hydrogen-bond donors (Lipinski definition) is 1. The summed E-state index contributed by atoms with van der Waals surface area (Å²) < 4.78 is 39.8.